The molecule has 0 amide bonds. The molecule has 2 fully saturated rings. The predicted molar refractivity (Wildman–Crippen MR) is 134 cm³/mol. The van der Waals surface area contributed by atoms with Gasteiger partial charge >= 0.3 is 12.4 Å². The Morgan fingerprint density at radius 3 is 2.17 bits per heavy atom. The number of alkyl halides is 6. The van der Waals surface area contributed by atoms with E-state index in [1.165, 1.54) is 0 Å². The van der Waals surface area contributed by atoms with E-state index >= 15 is 0 Å². The number of rotatable bonds is 8. The number of aldehydes is 1. The Kier molecular flexibility index (Phi) is 9.29. The number of carbonyl (C=O) groups excluding carboxylic acids is 1. The van der Waals surface area contributed by atoms with Crippen molar-refractivity contribution in [3.8, 4) is 5.75 Å². The second kappa shape index (κ2) is 12.4. The number of nitro benzene ring substituents is 1. The highest BCUT2D eigenvalue weighted by Crippen LogP contribution is 2.39. The first-order valence-corrected chi connectivity index (χ1v) is 13.0. The van der Waals surface area contributed by atoms with Crippen LogP contribution < -0.4 is 9.64 Å². The standard InChI is InChI=1S/C25H25ClF6N4O5/c26-20-11-15(24(27,28)29)13-33-23(20)35-9-7-34(8-10-35)22(14-37)41-17-3-1-16(2-4-17)40-18-5-6-21(36(38)39)19(12-18)25(30,31)32/h5-6,11-14,16-17,22H,1-4,7-10H2. The molecule has 1 aromatic heterocycles. The topological polar surface area (TPSA) is 98.0 Å². The molecular weight excluding hydrogens is 586 g/mol. The normalized spacial score (nSPS) is 21.4. The molecule has 9 nitrogen and oxygen atoms in total. The largest absolute Gasteiger partial charge is 0.490 e. The van der Waals surface area contributed by atoms with E-state index in [1.807, 2.05) is 0 Å². The van der Waals surface area contributed by atoms with Crippen molar-refractivity contribution < 1.29 is 45.5 Å². The zero-order chi connectivity index (χ0) is 29.9. The maximum Gasteiger partial charge on any atom is 0.423 e. The Labute approximate surface area is 235 Å². The molecule has 0 bridgehead atoms. The summed E-state index contributed by atoms with van der Waals surface area (Å²) < 4.78 is 90.1. The lowest BCUT2D eigenvalue weighted by atomic mass is 9.94. The second-order valence-corrected chi connectivity index (χ2v) is 10.1. The minimum absolute atomic E-state index is 0.126. The molecule has 2 heterocycles. The molecule has 0 spiro atoms. The van der Waals surface area contributed by atoms with E-state index in [2.05, 4.69) is 4.98 Å². The van der Waals surface area contributed by atoms with Crippen LogP contribution in [0.15, 0.2) is 30.5 Å². The second-order valence-electron chi connectivity index (χ2n) is 9.66. The smallest absolute Gasteiger partial charge is 0.423 e. The Hall–Kier alpha value is -3.17. The van der Waals surface area contributed by atoms with Gasteiger partial charge in [-0.25, -0.2) is 4.98 Å². The van der Waals surface area contributed by atoms with Crippen LogP contribution in [0.1, 0.15) is 36.8 Å². The number of piperazine rings is 1. The van der Waals surface area contributed by atoms with E-state index in [0.717, 1.165) is 24.4 Å². The van der Waals surface area contributed by atoms with Crippen molar-refractivity contribution in [2.24, 2.45) is 0 Å². The summed E-state index contributed by atoms with van der Waals surface area (Å²) in [7, 11) is 0. The minimum atomic E-state index is -4.91. The summed E-state index contributed by atoms with van der Waals surface area (Å²) in [5, 5.41) is 10.8. The van der Waals surface area contributed by atoms with Crippen LogP contribution in [0.4, 0.5) is 37.8 Å². The van der Waals surface area contributed by atoms with Crippen LogP contribution in [0, 0.1) is 10.1 Å². The number of anilines is 1. The first kappa shape index (κ1) is 30.8. The van der Waals surface area contributed by atoms with Crippen LogP contribution in [0.2, 0.25) is 5.02 Å². The highest BCUT2D eigenvalue weighted by Gasteiger charge is 2.39. The van der Waals surface area contributed by atoms with Gasteiger partial charge in [-0.2, -0.15) is 26.3 Å². The number of hydrogen-bond acceptors (Lipinski definition) is 8. The summed E-state index contributed by atoms with van der Waals surface area (Å²) in [6, 6.07) is 3.34. The Balaban J connectivity index is 1.28. The molecule has 16 heteroatoms. The van der Waals surface area contributed by atoms with Gasteiger partial charge in [0.2, 0.25) is 0 Å². The van der Waals surface area contributed by atoms with E-state index in [1.54, 1.807) is 9.80 Å². The zero-order valence-corrected chi connectivity index (χ0v) is 22.1. The fraction of sp³-hybridized carbons (Fsp3) is 0.520. The summed E-state index contributed by atoms with van der Waals surface area (Å²) >= 11 is 6.05. The molecule has 1 atom stereocenters. The third-order valence-electron chi connectivity index (χ3n) is 6.97. The average molecular weight is 611 g/mol. The molecule has 1 saturated heterocycles. The predicted octanol–water partition coefficient (Wildman–Crippen LogP) is 5.73. The molecule has 1 unspecified atom stereocenters. The minimum Gasteiger partial charge on any atom is -0.490 e. The molecule has 1 aromatic carbocycles. The van der Waals surface area contributed by atoms with Crippen LogP contribution >= 0.6 is 11.6 Å². The molecule has 0 radical (unpaired) electrons. The lowest BCUT2D eigenvalue weighted by Crippen LogP contribution is -2.53. The van der Waals surface area contributed by atoms with Crippen LogP contribution in [0.25, 0.3) is 0 Å². The molecule has 2 aromatic rings. The van der Waals surface area contributed by atoms with E-state index in [0.29, 0.717) is 64.2 Å². The van der Waals surface area contributed by atoms with Crippen molar-refractivity contribution in [1.29, 1.82) is 0 Å². The van der Waals surface area contributed by atoms with Gasteiger partial charge in [-0.1, -0.05) is 11.6 Å². The molecule has 41 heavy (non-hydrogen) atoms. The van der Waals surface area contributed by atoms with Crippen molar-refractivity contribution in [2.75, 3.05) is 31.1 Å². The van der Waals surface area contributed by atoms with E-state index in [-0.39, 0.29) is 22.7 Å². The first-order valence-electron chi connectivity index (χ1n) is 12.6. The third kappa shape index (κ3) is 7.57. The zero-order valence-electron chi connectivity index (χ0n) is 21.3. The van der Waals surface area contributed by atoms with Crippen molar-refractivity contribution in [3.05, 3.63) is 56.7 Å². The fourth-order valence-corrected chi connectivity index (χ4v) is 5.15. The van der Waals surface area contributed by atoms with Gasteiger partial charge in [0, 0.05) is 38.4 Å². The van der Waals surface area contributed by atoms with E-state index in [4.69, 9.17) is 21.1 Å². The van der Waals surface area contributed by atoms with Gasteiger partial charge in [-0.05, 0) is 43.9 Å². The quantitative estimate of drug-likeness (QED) is 0.162. The third-order valence-corrected chi connectivity index (χ3v) is 7.24. The highest BCUT2D eigenvalue weighted by molar-refractivity contribution is 6.33. The highest BCUT2D eigenvalue weighted by atomic mass is 35.5. The Morgan fingerprint density at radius 1 is 1.00 bits per heavy atom. The fourth-order valence-electron chi connectivity index (χ4n) is 4.86. The molecule has 2 aliphatic rings. The van der Waals surface area contributed by atoms with Crippen LogP contribution in [0.5, 0.6) is 5.75 Å². The Bertz CT molecular complexity index is 1250. The number of nitrogens with zero attached hydrogens (tertiary/aromatic N) is 4. The summed E-state index contributed by atoms with van der Waals surface area (Å²) in [6.45, 7) is 1.42. The Morgan fingerprint density at radius 2 is 1.63 bits per heavy atom. The molecular formula is C25H25ClF6N4O5. The van der Waals surface area contributed by atoms with Gasteiger partial charge in [0.25, 0.3) is 5.69 Å². The van der Waals surface area contributed by atoms with Crippen molar-refractivity contribution in [3.63, 3.8) is 0 Å². The van der Waals surface area contributed by atoms with Gasteiger partial charge in [0.05, 0.1) is 27.7 Å². The molecule has 0 N–H and O–H groups in total. The molecule has 224 valence electrons. The monoisotopic (exact) mass is 610 g/mol. The maximum atomic E-state index is 13.2. The number of pyridine rings is 1. The van der Waals surface area contributed by atoms with Crippen LogP contribution in [0.3, 0.4) is 0 Å². The van der Waals surface area contributed by atoms with Gasteiger partial charge in [-0.15, -0.1) is 0 Å². The van der Waals surface area contributed by atoms with Crippen molar-refractivity contribution >= 4 is 29.4 Å². The maximum absolute atomic E-state index is 13.2. The van der Waals surface area contributed by atoms with Gasteiger partial charge in [-0.3, -0.25) is 19.8 Å². The van der Waals surface area contributed by atoms with Crippen molar-refractivity contribution in [2.45, 2.75) is 56.5 Å². The van der Waals surface area contributed by atoms with E-state index < -0.39 is 46.4 Å². The number of nitro groups is 1. The number of aromatic nitrogens is 1. The molecule has 4 rings (SSSR count). The van der Waals surface area contributed by atoms with Crippen molar-refractivity contribution in [1.82, 2.24) is 9.88 Å². The number of hydrogen-bond donors (Lipinski definition) is 0. The van der Waals surface area contributed by atoms with Gasteiger partial charge < -0.3 is 14.4 Å². The van der Waals surface area contributed by atoms with Crippen LogP contribution in [-0.4, -0.2) is 65.7 Å². The lowest BCUT2D eigenvalue weighted by molar-refractivity contribution is -0.388. The molecule has 1 aliphatic carbocycles. The summed E-state index contributed by atoms with van der Waals surface area (Å²) in [5.74, 6) is 0.0927. The number of halogens is 7. The summed E-state index contributed by atoms with van der Waals surface area (Å²) in [6.07, 6.45) is -7.89. The van der Waals surface area contributed by atoms with Gasteiger partial charge in [0.1, 0.15) is 17.1 Å². The number of ether oxygens (including phenoxy) is 2. The number of benzene rings is 1. The summed E-state index contributed by atoms with van der Waals surface area (Å²) in [5.41, 5.74) is -3.39. The van der Waals surface area contributed by atoms with E-state index in [9.17, 15) is 41.3 Å². The molecule has 1 saturated carbocycles. The SMILES string of the molecule is O=CC(OC1CCC(Oc2ccc([N+](=O)[O-])c(C(F)(F)F)c2)CC1)N1CCN(c2ncc(C(F)(F)F)cc2Cl)CC1. The van der Waals surface area contributed by atoms with Crippen LogP contribution in [-0.2, 0) is 21.9 Å². The molecule has 1 aliphatic heterocycles. The van der Waals surface area contributed by atoms with Gasteiger partial charge in [0.15, 0.2) is 12.5 Å². The number of carbonyl (C=O) groups is 1. The summed E-state index contributed by atoms with van der Waals surface area (Å²) in [4.78, 5) is 29.1. The average Bonchev–Trinajstić information content (AvgIpc) is 2.91. The first-order chi connectivity index (χ1) is 19.3. The lowest BCUT2D eigenvalue weighted by Gasteiger charge is -2.39.